The average molecular weight is 301 g/mol. The van der Waals surface area contributed by atoms with Gasteiger partial charge in [0.25, 0.3) is 0 Å². The van der Waals surface area contributed by atoms with Crippen LogP contribution in [-0.4, -0.2) is 62.7 Å². The average Bonchev–Trinajstić information content (AvgIpc) is 2.48. The fourth-order valence-corrected chi connectivity index (χ4v) is 2.00. The van der Waals surface area contributed by atoms with Gasteiger partial charge in [-0.15, -0.1) is 0 Å². The fourth-order valence-electron chi connectivity index (χ4n) is 2.00. The van der Waals surface area contributed by atoms with E-state index in [9.17, 15) is 25.4 Å². The minimum Gasteiger partial charge on any atom is -0.455 e. The molecular weight excluding hydrogens is 286 g/mol. The molecule has 0 amide bonds. The summed E-state index contributed by atoms with van der Waals surface area (Å²) in [5.41, 5.74) is -0.338. The first-order valence-corrected chi connectivity index (χ1v) is 6.16. The number of ether oxygens (including phenoxy) is 2. The van der Waals surface area contributed by atoms with Crippen LogP contribution in [-0.2, 0) is 4.74 Å². The van der Waals surface area contributed by atoms with Crippen LogP contribution in [0.25, 0.3) is 0 Å². The zero-order chi connectivity index (χ0) is 15.6. The van der Waals surface area contributed by atoms with Crippen LogP contribution >= 0.6 is 0 Å². The van der Waals surface area contributed by atoms with Gasteiger partial charge >= 0.3 is 5.69 Å². The molecule has 0 unspecified atom stereocenters. The van der Waals surface area contributed by atoms with E-state index in [1.54, 1.807) is 0 Å². The summed E-state index contributed by atoms with van der Waals surface area (Å²) in [4.78, 5) is 10.2. The molecular formula is C12H15NO8. The number of benzene rings is 1. The second-order valence-corrected chi connectivity index (χ2v) is 4.54. The van der Waals surface area contributed by atoms with Crippen LogP contribution in [0.15, 0.2) is 24.3 Å². The molecule has 0 aliphatic carbocycles. The van der Waals surface area contributed by atoms with Gasteiger partial charge in [-0.25, -0.2) is 0 Å². The number of para-hydroxylation sites is 2. The van der Waals surface area contributed by atoms with E-state index in [-0.39, 0.29) is 11.4 Å². The molecule has 0 aromatic heterocycles. The Morgan fingerprint density at radius 2 is 1.86 bits per heavy atom. The molecule has 4 N–H and O–H groups in total. The molecule has 9 heteroatoms. The van der Waals surface area contributed by atoms with Crippen LogP contribution in [0.2, 0.25) is 0 Å². The Morgan fingerprint density at radius 1 is 1.19 bits per heavy atom. The zero-order valence-corrected chi connectivity index (χ0v) is 10.8. The highest BCUT2D eigenvalue weighted by Crippen LogP contribution is 2.30. The number of rotatable bonds is 4. The largest absolute Gasteiger partial charge is 0.455 e. The summed E-state index contributed by atoms with van der Waals surface area (Å²) in [6, 6.07) is 5.45. The predicted octanol–water partition coefficient (Wildman–Crippen LogP) is -1.23. The standard InChI is InChI=1S/C12H15NO8/c14-5-8-9(15)10(16)11(17)12(21-8)20-7-4-2-1-3-6(7)13(18)19/h1-4,8-12,14-17H,5H2/t8-,9-,10-,11+,12+/m1/s1. The smallest absolute Gasteiger partial charge is 0.311 e. The second kappa shape index (κ2) is 6.33. The van der Waals surface area contributed by atoms with Crippen molar-refractivity contribution in [2.24, 2.45) is 0 Å². The first-order chi connectivity index (χ1) is 9.95. The van der Waals surface area contributed by atoms with Crippen LogP contribution < -0.4 is 4.74 Å². The Kier molecular flexibility index (Phi) is 4.70. The van der Waals surface area contributed by atoms with Crippen molar-refractivity contribution in [2.45, 2.75) is 30.7 Å². The van der Waals surface area contributed by atoms with Crippen LogP contribution in [0.1, 0.15) is 0 Å². The summed E-state index contributed by atoms with van der Waals surface area (Å²) in [7, 11) is 0. The molecule has 0 bridgehead atoms. The molecule has 5 atom stereocenters. The Balaban J connectivity index is 2.20. The van der Waals surface area contributed by atoms with Gasteiger partial charge in [0.1, 0.15) is 24.4 Å². The molecule has 1 aliphatic heterocycles. The Hall–Kier alpha value is -1.78. The van der Waals surface area contributed by atoms with E-state index in [1.165, 1.54) is 24.3 Å². The zero-order valence-electron chi connectivity index (χ0n) is 10.8. The number of aliphatic hydroxyl groups is 4. The van der Waals surface area contributed by atoms with E-state index in [4.69, 9.17) is 14.6 Å². The van der Waals surface area contributed by atoms with Crippen molar-refractivity contribution in [3.05, 3.63) is 34.4 Å². The molecule has 0 radical (unpaired) electrons. The Labute approximate surface area is 119 Å². The molecule has 1 aromatic rings. The number of aliphatic hydroxyl groups excluding tert-OH is 4. The third-order valence-electron chi connectivity index (χ3n) is 3.15. The third-order valence-corrected chi connectivity index (χ3v) is 3.15. The minimum absolute atomic E-state index is 0.160. The summed E-state index contributed by atoms with van der Waals surface area (Å²) < 4.78 is 10.3. The molecule has 1 heterocycles. The Bertz CT molecular complexity index is 508. The third kappa shape index (κ3) is 3.12. The van der Waals surface area contributed by atoms with E-state index < -0.39 is 42.2 Å². The van der Waals surface area contributed by atoms with Gasteiger partial charge < -0.3 is 29.9 Å². The first kappa shape index (κ1) is 15.6. The van der Waals surface area contributed by atoms with E-state index in [2.05, 4.69) is 0 Å². The van der Waals surface area contributed by atoms with E-state index in [0.717, 1.165) is 0 Å². The maximum absolute atomic E-state index is 10.9. The van der Waals surface area contributed by atoms with Gasteiger partial charge in [0, 0.05) is 6.07 Å². The normalized spacial score (nSPS) is 32.7. The van der Waals surface area contributed by atoms with E-state index in [1.807, 2.05) is 0 Å². The lowest BCUT2D eigenvalue weighted by molar-refractivity contribution is -0.387. The minimum atomic E-state index is -1.62. The van der Waals surface area contributed by atoms with Gasteiger partial charge in [0.15, 0.2) is 5.75 Å². The monoisotopic (exact) mass is 301 g/mol. The molecule has 1 fully saturated rings. The highest BCUT2D eigenvalue weighted by Gasteiger charge is 2.45. The summed E-state index contributed by atoms with van der Waals surface area (Å²) >= 11 is 0. The number of hydrogen-bond donors (Lipinski definition) is 4. The van der Waals surface area contributed by atoms with Crippen molar-refractivity contribution in [1.82, 2.24) is 0 Å². The van der Waals surface area contributed by atoms with Crippen molar-refractivity contribution < 1.29 is 34.8 Å². The SMILES string of the molecule is O=[N+]([O-])c1ccccc1O[C@H]1O[C@H](CO)[C@@H](O)[C@@H](O)[C@@H]1O. The number of nitro benzene ring substituents is 1. The van der Waals surface area contributed by atoms with Crippen LogP contribution in [0, 0.1) is 10.1 Å². The second-order valence-electron chi connectivity index (χ2n) is 4.54. The van der Waals surface area contributed by atoms with Gasteiger partial charge in [-0.3, -0.25) is 10.1 Å². The van der Waals surface area contributed by atoms with Crippen LogP contribution in [0.4, 0.5) is 5.69 Å². The number of nitro groups is 1. The maximum atomic E-state index is 10.9. The predicted molar refractivity (Wildman–Crippen MR) is 67.5 cm³/mol. The summed E-state index contributed by atoms with van der Waals surface area (Å²) in [5, 5.41) is 49.0. The van der Waals surface area contributed by atoms with Gasteiger partial charge in [-0.1, -0.05) is 12.1 Å². The van der Waals surface area contributed by atoms with Crippen molar-refractivity contribution in [3.63, 3.8) is 0 Å². The van der Waals surface area contributed by atoms with E-state index >= 15 is 0 Å². The van der Waals surface area contributed by atoms with Crippen LogP contribution in [0.5, 0.6) is 5.75 Å². The lowest BCUT2D eigenvalue weighted by atomic mass is 9.99. The van der Waals surface area contributed by atoms with Gasteiger partial charge in [0.05, 0.1) is 11.5 Å². The number of hydrogen-bond acceptors (Lipinski definition) is 8. The highest BCUT2D eigenvalue weighted by molar-refractivity contribution is 5.45. The number of nitrogens with zero attached hydrogens (tertiary/aromatic N) is 1. The summed E-state index contributed by atoms with van der Waals surface area (Å²) in [6.45, 7) is -0.609. The lowest BCUT2D eigenvalue weighted by Gasteiger charge is -2.39. The molecule has 1 aromatic carbocycles. The maximum Gasteiger partial charge on any atom is 0.311 e. The van der Waals surface area contributed by atoms with Crippen molar-refractivity contribution >= 4 is 5.69 Å². The highest BCUT2D eigenvalue weighted by atomic mass is 16.7. The van der Waals surface area contributed by atoms with Crippen molar-refractivity contribution in [1.29, 1.82) is 0 Å². The van der Waals surface area contributed by atoms with Crippen molar-refractivity contribution in [3.8, 4) is 5.75 Å². The van der Waals surface area contributed by atoms with Gasteiger partial charge in [-0.2, -0.15) is 0 Å². The quantitative estimate of drug-likeness (QED) is 0.400. The molecule has 1 aliphatic rings. The van der Waals surface area contributed by atoms with Gasteiger partial charge in [-0.05, 0) is 6.07 Å². The molecule has 9 nitrogen and oxygen atoms in total. The fraction of sp³-hybridized carbons (Fsp3) is 0.500. The van der Waals surface area contributed by atoms with E-state index in [0.29, 0.717) is 0 Å². The lowest BCUT2D eigenvalue weighted by Crippen LogP contribution is -2.60. The Morgan fingerprint density at radius 3 is 2.48 bits per heavy atom. The molecule has 116 valence electrons. The van der Waals surface area contributed by atoms with Gasteiger partial charge in [0.2, 0.25) is 6.29 Å². The molecule has 0 saturated carbocycles. The summed E-state index contributed by atoms with van der Waals surface area (Å²) in [5.74, 6) is -0.160. The van der Waals surface area contributed by atoms with Crippen molar-refractivity contribution in [2.75, 3.05) is 6.61 Å². The topological polar surface area (TPSA) is 143 Å². The molecule has 2 rings (SSSR count). The molecule has 0 spiro atoms. The molecule has 1 saturated heterocycles. The van der Waals surface area contributed by atoms with Crippen LogP contribution in [0.3, 0.4) is 0 Å². The summed E-state index contributed by atoms with van der Waals surface area (Å²) in [6.07, 6.45) is -7.35. The first-order valence-electron chi connectivity index (χ1n) is 6.16. The molecule has 21 heavy (non-hydrogen) atoms.